The van der Waals surface area contributed by atoms with Crippen LogP contribution < -0.4 is 5.32 Å². The van der Waals surface area contributed by atoms with Gasteiger partial charge in [-0.2, -0.15) is 13.2 Å². The number of hydrogen-bond donors (Lipinski definition) is 1. The first-order chi connectivity index (χ1) is 10.1. The molecule has 2 aliphatic heterocycles. The van der Waals surface area contributed by atoms with Crippen LogP contribution in [0.25, 0.3) is 0 Å². The SMILES string of the molecule is FC(F)(F)c1nc2c(n1CCC1CCCCO1)CCNC2. The normalized spacial score (nSPS) is 23.1. The molecule has 3 rings (SSSR count). The molecule has 1 N–H and O–H groups in total. The second-order valence-corrected chi connectivity index (χ2v) is 5.68. The van der Waals surface area contributed by atoms with Gasteiger partial charge in [-0.1, -0.05) is 0 Å². The lowest BCUT2D eigenvalue weighted by Crippen LogP contribution is -2.27. The summed E-state index contributed by atoms with van der Waals surface area (Å²) in [6, 6.07) is 0. The van der Waals surface area contributed by atoms with E-state index in [1.165, 1.54) is 4.57 Å². The number of fused-ring (bicyclic) bond motifs is 1. The second kappa shape index (κ2) is 5.96. The summed E-state index contributed by atoms with van der Waals surface area (Å²) in [5.41, 5.74) is 1.27. The van der Waals surface area contributed by atoms with E-state index in [-0.39, 0.29) is 6.10 Å². The molecular formula is C14H20F3N3O. The molecule has 0 amide bonds. The van der Waals surface area contributed by atoms with Crippen LogP contribution in [0.2, 0.25) is 0 Å². The van der Waals surface area contributed by atoms with E-state index >= 15 is 0 Å². The number of imidazole rings is 1. The Kier molecular flexibility index (Phi) is 4.21. The van der Waals surface area contributed by atoms with Crippen LogP contribution in [0.5, 0.6) is 0 Å². The predicted octanol–water partition coefficient (Wildman–Crippen LogP) is 2.51. The van der Waals surface area contributed by atoms with Crippen molar-refractivity contribution in [1.82, 2.24) is 14.9 Å². The molecule has 0 spiro atoms. The van der Waals surface area contributed by atoms with Gasteiger partial charge in [-0.05, 0) is 25.7 Å². The quantitative estimate of drug-likeness (QED) is 0.932. The average Bonchev–Trinajstić information content (AvgIpc) is 2.85. The van der Waals surface area contributed by atoms with Gasteiger partial charge in [-0.25, -0.2) is 4.98 Å². The summed E-state index contributed by atoms with van der Waals surface area (Å²) in [7, 11) is 0. The summed E-state index contributed by atoms with van der Waals surface area (Å²) >= 11 is 0. The molecule has 21 heavy (non-hydrogen) atoms. The summed E-state index contributed by atoms with van der Waals surface area (Å²) in [4.78, 5) is 3.82. The fraction of sp³-hybridized carbons (Fsp3) is 0.786. The van der Waals surface area contributed by atoms with Gasteiger partial charge in [0.2, 0.25) is 5.82 Å². The molecule has 2 aliphatic rings. The van der Waals surface area contributed by atoms with Crippen LogP contribution in [0.3, 0.4) is 0 Å². The third kappa shape index (κ3) is 3.23. The Morgan fingerprint density at radius 2 is 2.19 bits per heavy atom. The van der Waals surface area contributed by atoms with Gasteiger partial charge in [0.25, 0.3) is 0 Å². The Bertz CT molecular complexity index is 492. The first-order valence-electron chi connectivity index (χ1n) is 7.53. The summed E-state index contributed by atoms with van der Waals surface area (Å²) in [6.07, 6.45) is 0.00657. The molecule has 1 atom stereocenters. The lowest BCUT2D eigenvalue weighted by Gasteiger charge is -2.24. The minimum Gasteiger partial charge on any atom is -0.378 e. The molecular weight excluding hydrogens is 283 g/mol. The summed E-state index contributed by atoms with van der Waals surface area (Å²) in [5, 5.41) is 3.07. The molecule has 1 aromatic heterocycles. The third-order valence-electron chi connectivity index (χ3n) is 4.19. The third-order valence-corrected chi connectivity index (χ3v) is 4.19. The topological polar surface area (TPSA) is 39.1 Å². The number of rotatable bonds is 3. The van der Waals surface area contributed by atoms with Crippen molar-refractivity contribution in [2.24, 2.45) is 0 Å². The summed E-state index contributed by atoms with van der Waals surface area (Å²) in [5.74, 6) is -0.757. The molecule has 0 radical (unpaired) electrons. The highest BCUT2D eigenvalue weighted by molar-refractivity contribution is 5.21. The van der Waals surface area contributed by atoms with Crippen LogP contribution in [-0.2, 0) is 30.4 Å². The van der Waals surface area contributed by atoms with Gasteiger partial charge in [-0.15, -0.1) is 0 Å². The minimum atomic E-state index is -4.40. The summed E-state index contributed by atoms with van der Waals surface area (Å²) in [6.45, 7) is 2.19. The van der Waals surface area contributed by atoms with E-state index < -0.39 is 12.0 Å². The number of halogens is 3. The van der Waals surface area contributed by atoms with Crippen LogP contribution in [0, 0.1) is 0 Å². The van der Waals surface area contributed by atoms with Crippen LogP contribution in [0.15, 0.2) is 0 Å². The van der Waals surface area contributed by atoms with E-state index in [4.69, 9.17) is 4.74 Å². The van der Waals surface area contributed by atoms with E-state index in [1.54, 1.807) is 0 Å². The van der Waals surface area contributed by atoms with Crippen LogP contribution >= 0.6 is 0 Å². The molecule has 4 nitrogen and oxygen atoms in total. The molecule has 1 fully saturated rings. The van der Waals surface area contributed by atoms with E-state index in [0.717, 1.165) is 31.6 Å². The van der Waals surface area contributed by atoms with Crippen molar-refractivity contribution >= 4 is 0 Å². The van der Waals surface area contributed by atoms with Crippen LogP contribution in [0.1, 0.15) is 42.9 Å². The molecule has 0 aliphatic carbocycles. The Balaban J connectivity index is 1.79. The molecule has 1 unspecified atom stereocenters. The van der Waals surface area contributed by atoms with Gasteiger partial charge in [0.05, 0.1) is 11.8 Å². The zero-order valence-corrected chi connectivity index (χ0v) is 11.9. The van der Waals surface area contributed by atoms with Crippen molar-refractivity contribution in [1.29, 1.82) is 0 Å². The average molecular weight is 303 g/mol. The lowest BCUT2D eigenvalue weighted by molar-refractivity contribution is -0.147. The van der Waals surface area contributed by atoms with Gasteiger partial charge in [0.15, 0.2) is 0 Å². The number of nitrogens with one attached hydrogen (secondary N) is 1. The van der Waals surface area contributed by atoms with Gasteiger partial charge in [-0.3, -0.25) is 0 Å². The van der Waals surface area contributed by atoms with Crippen LogP contribution in [0.4, 0.5) is 13.2 Å². The maximum Gasteiger partial charge on any atom is 0.449 e. The van der Waals surface area contributed by atoms with E-state index in [1.807, 2.05) is 0 Å². The van der Waals surface area contributed by atoms with E-state index in [2.05, 4.69) is 10.3 Å². The number of aromatic nitrogens is 2. The smallest absolute Gasteiger partial charge is 0.378 e. The lowest BCUT2D eigenvalue weighted by atomic mass is 10.1. The summed E-state index contributed by atoms with van der Waals surface area (Å²) < 4.78 is 46.5. The van der Waals surface area contributed by atoms with Crippen molar-refractivity contribution in [2.45, 2.75) is 57.5 Å². The van der Waals surface area contributed by atoms with E-state index in [0.29, 0.717) is 38.2 Å². The van der Waals surface area contributed by atoms with Crippen molar-refractivity contribution < 1.29 is 17.9 Å². The van der Waals surface area contributed by atoms with Gasteiger partial charge >= 0.3 is 6.18 Å². The largest absolute Gasteiger partial charge is 0.449 e. The fourth-order valence-corrected chi connectivity index (χ4v) is 3.14. The number of nitrogens with zero attached hydrogens (tertiary/aromatic N) is 2. The Morgan fingerprint density at radius 3 is 2.90 bits per heavy atom. The van der Waals surface area contributed by atoms with Crippen molar-refractivity contribution in [2.75, 3.05) is 13.2 Å². The van der Waals surface area contributed by atoms with Gasteiger partial charge < -0.3 is 14.6 Å². The van der Waals surface area contributed by atoms with Gasteiger partial charge in [0, 0.05) is 38.4 Å². The fourth-order valence-electron chi connectivity index (χ4n) is 3.14. The first kappa shape index (κ1) is 14.8. The molecule has 3 heterocycles. The van der Waals surface area contributed by atoms with Crippen molar-refractivity contribution in [3.05, 3.63) is 17.2 Å². The number of hydrogen-bond acceptors (Lipinski definition) is 3. The Labute approximate surface area is 121 Å². The maximum atomic E-state index is 13.2. The van der Waals surface area contributed by atoms with Crippen molar-refractivity contribution in [3.63, 3.8) is 0 Å². The zero-order chi connectivity index (χ0) is 14.9. The minimum absolute atomic E-state index is 0.0830. The Morgan fingerprint density at radius 1 is 1.33 bits per heavy atom. The second-order valence-electron chi connectivity index (χ2n) is 5.68. The Hall–Kier alpha value is -1.08. The highest BCUT2D eigenvalue weighted by atomic mass is 19.4. The standard InChI is InChI=1S/C14H20F3N3O/c15-14(16,17)13-19-11-9-18-6-4-12(11)20(13)7-5-10-3-1-2-8-21-10/h10,18H,1-9H2. The highest BCUT2D eigenvalue weighted by Gasteiger charge is 2.39. The molecule has 0 saturated carbocycles. The monoisotopic (exact) mass is 303 g/mol. The molecule has 118 valence electrons. The molecule has 1 saturated heterocycles. The van der Waals surface area contributed by atoms with E-state index in [9.17, 15) is 13.2 Å². The van der Waals surface area contributed by atoms with Gasteiger partial charge in [0.1, 0.15) is 0 Å². The molecule has 7 heteroatoms. The zero-order valence-electron chi connectivity index (χ0n) is 11.9. The maximum absolute atomic E-state index is 13.2. The predicted molar refractivity (Wildman–Crippen MR) is 70.8 cm³/mol. The highest BCUT2D eigenvalue weighted by Crippen LogP contribution is 2.32. The number of alkyl halides is 3. The molecule has 1 aromatic rings. The van der Waals surface area contributed by atoms with Crippen LogP contribution in [-0.4, -0.2) is 28.8 Å². The first-order valence-corrected chi connectivity index (χ1v) is 7.53. The molecule has 0 bridgehead atoms. The number of ether oxygens (including phenoxy) is 1. The van der Waals surface area contributed by atoms with Crippen molar-refractivity contribution in [3.8, 4) is 0 Å². The molecule has 0 aromatic carbocycles.